The van der Waals surface area contributed by atoms with Crippen molar-refractivity contribution in [1.82, 2.24) is 0 Å². The fourth-order valence-electron chi connectivity index (χ4n) is 1.22. The van der Waals surface area contributed by atoms with Gasteiger partial charge in [0.05, 0.1) is 6.61 Å². The Morgan fingerprint density at radius 3 is 2.50 bits per heavy atom. The summed E-state index contributed by atoms with van der Waals surface area (Å²) >= 11 is 0. The van der Waals surface area contributed by atoms with E-state index in [-0.39, 0.29) is 45.6 Å². The predicted octanol–water partition coefficient (Wildman–Crippen LogP) is -0.0367. The molecule has 0 aromatic rings. The van der Waals surface area contributed by atoms with Crippen LogP contribution in [-0.2, 0) is 42.3 Å². The number of carbonyl (C=O) groups excluding carboxylic acids is 1. The first-order valence-corrected chi connectivity index (χ1v) is 4.61. The van der Waals surface area contributed by atoms with Crippen LogP contribution in [0, 0.1) is 5.92 Å². The van der Waals surface area contributed by atoms with Gasteiger partial charge in [-0.3, -0.25) is 0 Å². The topological polar surface area (TPSA) is 94.8 Å². The van der Waals surface area contributed by atoms with Gasteiger partial charge in [0.2, 0.25) is 0 Å². The van der Waals surface area contributed by atoms with Crippen LogP contribution in [0.4, 0.5) is 0 Å². The molecule has 0 rings (SSSR count). The van der Waals surface area contributed by atoms with Crippen LogP contribution in [-0.4, -0.2) is 39.8 Å². The summed E-state index contributed by atoms with van der Waals surface area (Å²) in [6.07, 6.45) is 1.48. The molecule has 0 fully saturated rings. The summed E-state index contributed by atoms with van der Waals surface area (Å²) in [6.45, 7) is 0.944. The van der Waals surface area contributed by atoms with Gasteiger partial charge in [0.25, 0.3) is 0 Å². The van der Waals surface area contributed by atoms with Crippen LogP contribution in [0.5, 0.6) is 0 Å². The fourth-order valence-corrected chi connectivity index (χ4v) is 1.22. The van der Waals surface area contributed by atoms with Gasteiger partial charge in [-0.15, -0.1) is 0 Å². The molecule has 2 atom stereocenters. The Labute approximate surface area is 121 Å². The second-order valence-electron chi connectivity index (χ2n) is 3.15. The van der Waals surface area contributed by atoms with Crippen molar-refractivity contribution in [2.24, 2.45) is 5.92 Å². The summed E-state index contributed by atoms with van der Waals surface area (Å²) in [5.74, 6) is -2.41. The molecule has 0 bridgehead atoms. The van der Waals surface area contributed by atoms with Gasteiger partial charge < -0.3 is 20.1 Å². The van der Waals surface area contributed by atoms with E-state index in [1.54, 1.807) is 0 Å². The summed E-state index contributed by atoms with van der Waals surface area (Å²) in [5.41, 5.74) is -2.05. The number of carbonyl (C=O) groups is 2. The molecular formula is C10H16O5Y. The number of aldehydes is 1. The van der Waals surface area contributed by atoms with E-state index in [0.717, 1.165) is 0 Å². The van der Waals surface area contributed by atoms with Crippen LogP contribution in [0.3, 0.4) is 0 Å². The van der Waals surface area contributed by atoms with Crippen LogP contribution in [0.25, 0.3) is 0 Å². The maximum Gasteiger partial charge on any atom is 0.336 e. The molecule has 0 aliphatic heterocycles. The second kappa shape index (κ2) is 8.99. The van der Waals surface area contributed by atoms with Gasteiger partial charge >= 0.3 is 5.97 Å². The van der Waals surface area contributed by atoms with Gasteiger partial charge in [-0.1, -0.05) is 19.1 Å². The van der Waals surface area contributed by atoms with Crippen LogP contribution in [0.15, 0.2) is 12.2 Å². The summed E-state index contributed by atoms with van der Waals surface area (Å²) in [7, 11) is 0. The molecule has 0 aliphatic carbocycles. The number of hydrogen-bond donors (Lipinski definition) is 3. The zero-order valence-electron chi connectivity index (χ0n) is 10.1. The van der Waals surface area contributed by atoms with Crippen molar-refractivity contribution in [3.8, 4) is 0 Å². The number of carboxylic acids is 1. The Morgan fingerprint density at radius 2 is 2.19 bits per heavy atom. The molecule has 3 N–H and O–H groups in total. The molecule has 0 saturated heterocycles. The second-order valence-corrected chi connectivity index (χ2v) is 3.15. The Kier molecular flexibility index (Phi) is 8.93. The van der Waals surface area contributed by atoms with Crippen molar-refractivity contribution in [3.63, 3.8) is 0 Å². The molecule has 0 saturated carbocycles. The molecule has 0 amide bonds. The first kappa shape index (κ1) is 15.9. The van der Waals surface area contributed by atoms with E-state index < -0.39 is 30.4 Å². The zero-order chi connectivity index (χ0) is 12.8. The van der Waals surface area contributed by atoms with Crippen LogP contribution in [0.1, 0.15) is 21.1 Å². The fraction of sp³-hybridized carbons (Fsp3) is 0.600. The first-order chi connectivity index (χ1) is 7.38. The van der Waals surface area contributed by atoms with Crippen molar-refractivity contribution >= 4 is 12.2 Å². The van der Waals surface area contributed by atoms with Crippen LogP contribution in [0.2, 0.25) is 0 Å². The number of aliphatic carboxylic acids is 1. The van der Waals surface area contributed by atoms with E-state index in [9.17, 15) is 14.7 Å². The largest absolute Gasteiger partial charge is 0.479 e. The monoisotopic (exact) mass is 306 g/mol. The average Bonchev–Trinajstić information content (AvgIpc) is 2.22. The molecule has 89 valence electrons. The van der Waals surface area contributed by atoms with E-state index in [0.29, 0.717) is 0 Å². The van der Waals surface area contributed by atoms with Crippen LogP contribution >= 0.6 is 0 Å². The van der Waals surface area contributed by atoms with Gasteiger partial charge in [-0.05, 0) is 6.42 Å². The van der Waals surface area contributed by atoms with Crippen LogP contribution < -0.4 is 0 Å². The van der Waals surface area contributed by atoms with E-state index in [2.05, 4.69) is 0 Å². The number of rotatable bonds is 7. The number of allylic oxidation sites excluding steroid dienone is 1. The standard InChI is InChI=1S/C10H16O5.Y/c1-2-10(15,9(13)14)8(7-12)5-3-4-6-11;/h3,5-6,8,12,15H,2,4,7H2,1H3,(H,13,14);/b5-3+;/t8-,10+;/m1./s1/i6D;. The minimum Gasteiger partial charge on any atom is -0.479 e. The molecule has 0 heterocycles. The first-order valence-electron chi connectivity index (χ1n) is 5.11. The molecule has 0 spiro atoms. The molecular weight excluding hydrogens is 289 g/mol. The molecule has 6 heteroatoms. The summed E-state index contributed by atoms with van der Waals surface area (Å²) in [5, 5.41) is 27.6. The molecule has 5 nitrogen and oxygen atoms in total. The Bertz CT molecular complexity index is 294. The number of aliphatic hydroxyl groups excluding tert-OH is 1. The van der Waals surface area contributed by atoms with E-state index in [4.69, 9.17) is 11.6 Å². The summed E-state index contributed by atoms with van der Waals surface area (Å²) in [4.78, 5) is 21.2. The molecule has 0 unspecified atom stereocenters. The van der Waals surface area contributed by atoms with Crippen molar-refractivity contribution < 1.29 is 59.0 Å². The number of hydrogen-bond acceptors (Lipinski definition) is 4. The smallest absolute Gasteiger partial charge is 0.336 e. The molecule has 0 aliphatic rings. The average molecular weight is 306 g/mol. The molecule has 0 aromatic carbocycles. The van der Waals surface area contributed by atoms with Crippen molar-refractivity contribution in [1.29, 1.82) is 0 Å². The zero-order valence-corrected chi connectivity index (χ0v) is 11.9. The maximum atomic E-state index is 10.9. The molecule has 0 aromatic heterocycles. The van der Waals surface area contributed by atoms with Crippen molar-refractivity contribution in [2.75, 3.05) is 6.61 Å². The van der Waals surface area contributed by atoms with E-state index in [1.807, 2.05) is 0 Å². The minimum atomic E-state index is -2.05. The number of carboxylic acid groups (broad SMARTS) is 1. The van der Waals surface area contributed by atoms with Gasteiger partial charge in [0.1, 0.15) is 7.63 Å². The van der Waals surface area contributed by atoms with Gasteiger partial charge in [-0.25, -0.2) is 4.79 Å². The minimum absolute atomic E-state index is 0. The van der Waals surface area contributed by atoms with Gasteiger partial charge in [0.15, 0.2) is 5.60 Å². The third-order valence-corrected chi connectivity index (χ3v) is 2.29. The normalized spacial score (nSPS) is 17.1. The number of aliphatic hydroxyl groups is 2. The van der Waals surface area contributed by atoms with Crippen molar-refractivity contribution in [2.45, 2.75) is 25.4 Å². The van der Waals surface area contributed by atoms with Gasteiger partial charge in [-0.2, -0.15) is 0 Å². The molecule has 16 heavy (non-hydrogen) atoms. The summed E-state index contributed by atoms with van der Waals surface area (Å²) in [6, 6.07) is 0. The molecule has 1 radical (unpaired) electrons. The van der Waals surface area contributed by atoms with Gasteiger partial charge in [0, 0.05) is 45.0 Å². The Morgan fingerprint density at radius 1 is 1.62 bits per heavy atom. The maximum absolute atomic E-state index is 10.9. The Hall–Kier alpha value is -0.0961. The van der Waals surface area contributed by atoms with E-state index >= 15 is 0 Å². The Balaban J connectivity index is 0. The third kappa shape index (κ3) is 4.83. The predicted molar refractivity (Wildman–Crippen MR) is 53.3 cm³/mol. The quantitative estimate of drug-likeness (QED) is 0.453. The van der Waals surface area contributed by atoms with E-state index in [1.165, 1.54) is 19.1 Å². The SMILES string of the molecule is [2H]C(=O)C/C=C/[C@H](CO)[C@@](O)(CC)C(=O)O.[Y]. The summed E-state index contributed by atoms with van der Waals surface area (Å²) < 4.78 is 6.63. The van der Waals surface area contributed by atoms with Crippen molar-refractivity contribution in [3.05, 3.63) is 12.2 Å². The third-order valence-electron chi connectivity index (χ3n) is 2.29.